The van der Waals surface area contributed by atoms with Crippen LogP contribution in [-0.2, 0) is 0 Å². The summed E-state index contributed by atoms with van der Waals surface area (Å²) in [4.78, 5) is 12.1. The van der Waals surface area contributed by atoms with Gasteiger partial charge in [-0.3, -0.25) is 4.79 Å². The van der Waals surface area contributed by atoms with E-state index in [-0.39, 0.29) is 18.6 Å². The lowest BCUT2D eigenvalue weighted by atomic mass is 10.2. The average molecular weight is 294 g/mol. The Morgan fingerprint density at radius 3 is 2.85 bits per heavy atom. The molecule has 6 heteroatoms. The van der Waals surface area contributed by atoms with Crippen LogP contribution >= 0.6 is 11.6 Å². The summed E-state index contributed by atoms with van der Waals surface area (Å²) in [5.41, 5.74) is 1.88. The van der Waals surface area contributed by atoms with Gasteiger partial charge in [-0.25, -0.2) is 4.68 Å². The zero-order chi connectivity index (χ0) is 14.7. The molecule has 1 heterocycles. The van der Waals surface area contributed by atoms with Crippen molar-refractivity contribution in [1.82, 2.24) is 15.1 Å². The van der Waals surface area contributed by atoms with Gasteiger partial charge in [0, 0.05) is 6.04 Å². The molecule has 1 atom stereocenters. The number of hydrogen-bond donors (Lipinski definition) is 2. The topological polar surface area (TPSA) is 67.2 Å². The number of para-hydroxylation sites is 1. The van der Waals surface area contributed by atoms with E-state index in [9.17, 15) is 4.79 Å². The van der Waals surface area contributed by atoms with Crippen LogP contribution in [0.5, 0.6) is 0 Å². The molecule has 2 N–H and O–H groups in total. The molecule has 0 saturated carbocycles. The number of amides is 1. The fourth-order valence-electron chi connectivity index (χ4n) is 1.85. The minimum Gasteiger partial charge on any atom is -0.394 e. The van der Waals surface area contributed by atoms with Gasteiger partial charge in [0.15, 0.2) is 0 Å². The minimum absolute atomic E-state index is 0.108. The Bertz CT molecular complexity index is 625. The van der Waals surface area contributed by atoms with Crippen LogP contribution in [0.1, 0.15) is 23.0 Å². The van der Waals surface area contributed by atoms with Crippen LogP contribution in [0.15, 0.2) is 30.5 Å². The van der Waals surface area contributed by atoms with Gasteiger partial charge in [0.05, 0.1) is 34.8 Å². The molecular weight excluding hydrogens is 278 g/mol. The second-order valence-electron chi connectivity index (χ2n) is 4.56. The SMILES string of the molecule is Cc1c(C(=O)NC(C)CO)cnn1-c1ccccc1Cl. The predicted molar refractivity (Wildman–Crippen MR) is 77.3 cm³/mol. The zero-order valence-electron chi connectivity index (χ0n) is 11.3. The Balaban J connectivity index is 2.32. The third-order valence-corrected chi connectivity index (χ3v) is 3.31. The summed E-state index contributed by atoms with van der Waals surface area (Å²) in [5, 5.41) is 16.4. The van der Waals surface area contributed by atoms with Crippen LogP contribution in [0.2, 0.25) is 5.02 Å². The van der Waals surface area contributed by atoms with Gasteiger partial charge in [0.25, 0.3) is 5.91 Å². The summed E-state index contributed by atoms with van der Waals surface area (Å²) in [6.45, 7) is 3.42. The van der Waals surface area contributed by atoms with Crippen LogP contribution in [0, 0.1) is 6.92 Å². The first kappa shape index (κ1) is 14.6. The number of aromatic nitrogens is 2. The smallest absolute Gasteiger partial charge is 0.255 e. The number of nitrogens with zero attached hydrogens (tertiary/aromatic N) is 2. The summed E-state index contributed by atoms with van der Waals surface area (Å²) in [5.74, 6) is -0.262. The monoisotopic (exact) mass is 293 g/mol. The summed E-state index contributed by atoms with van der Waals surface area (Å²) in [6.07, 6.45) is 1.50. The predicted octanol–water partition coefficient (Wildman–Crippen LogP) is 1.94. The number of halogens is 1. The van der Waals surface area contributed by atoms with Gasteiger partial charge in [-0.2, -0.15) is 5.10 Å². The van der Waals surface area contributed by atoms with Crippen molar-refractivity contribution in [3.05, 3.63) is 46.7 Å². The lowest BCUT2D eigenvalue weighted by molar-refractivity contribution is 0.0921. The standard InChI is InChI=1S/C14H16ClN3O2/c1-9(8-19)17-14(20)11-7-16-18(10(11)2)13-6-4-3-5-12(13)15/h3-7,9,19H,8H2,1-2H3,(H,17,20). The van der Waals surface area contributed by atoms with Crippen molar-refractivity contribution in [1.29, 1.82) is 0 Å². The third kappa shape index (κ3) is 2.84. The van der Waals surface area contributed by atoms with Crippen molar-refractivity contribution < 1.29 is 9.90 Å². The minimum atomic E-state index is -0.300. The van der Waals surface area contributed by atoms with Gasteiger partial charge in [0.2, 0.25) is 0 Å². The summed E-state index contributed by atoms with van der Waals surface area (Å²) in [7, 11) is 0. The Labute approximate surface area is 122 Å². The van der Waals surface area contributed by atoms with Gasteiger partial charge < -0.3 is 10.4 Å². The Kier molecular flexibility index (Phi) is 4.42. The Morgan fingerprint density at radius 1 is 1.50 bits per heavy atom. The molecule has 1 unspecified atom stereocenters. The second-order valence-corrected chi connectivity index (χ2v) is 4.97. The summed E-state index contributed by atoms with van der Waals surface area (Å²) in [6, 6.07) is 6.99. The third-order valence-electron chi connectivity index (χ3n) is 2.99. The molecule has 2 rings (SSSR count). The first-order valence-corrected chi connectivity index (χ1v) is 6.63. The normalized spacial score (nSPS) is 12.2. The van der Waals surface area contributed by atoms with Crippen molar-refractivity contribution in [2.45, 2.75) is 19.9 Å². The van der Waals surface area contributed by atoms with Crippen molar-refractivity contribution in [3.8, 4) is 5.69 Å². The molecule has 0 aliphatic rings. The molecule has 1 amide bonds. The summed E-state index contributed by atoms with van der Waals surface area (Å²) < 4.78 is 1.63. The molecule has 20 heavy (non-hydrogen) atoms. The van der Waals surface area contributed by atoms with E-state index >= 15 is 0 Å². The molecule has 1 aromatic heterocycles. The average Bonchev–Trinajstić information content (AvgIpc) is 2.81. The van der Waals surface area contributed by atoms with Crippen LogP contribution in [0.3, 0.4) is 0 Å². The van der Waals surface area contributed by atoms with Crippen molar-refractivity contribution in [3.63, 3.8) is 0 Å². The molecule has 0 radical (unpaired) electrons. The van der Waals surface area contributed by atoms with E-state index in [0.29, 0.717) is 16.3 Å². The van der Waals surface area contributed by atoms with E-state index < -0.39 is 0 Å². The van der Waals surface area contributed by atoms with E-state index in [1.807, 2.05) is 18.2 Å². The molecule has 0 bridgehead atoms. The largest absolute Gasteiger partial charge is 0.394 e. The molecule has 0 aliphatic heterocycles. The highest BCUT2D eigenvalue weighted by Gasteiger charge is 2.17. The van der Waals surface area contributed by atoms with E-state index in [1.54, 1.807) is 24.6 Å². The van der Waals surface area contributed by atoms with Gasteiger partial charge in [-0.1, -0.05) is 23.7 Å². The second kappa shape index (κ2) is 6.07. The number of aliphatic hydroxyl groups excluding tert-OH is 1. The lowest BCUT2D eigenvalue weighted by Gasteiger charge is -2.11. The number of carbonyl (C=O) groups excluding carboxylic acids is 1. The number of hydrogen-bond acceptors (Lipinski definition) is 3. The van der Waals surface area contributed by atoms with Crippen molar-refractivity contribution >= 4 is 17.5 Å². The first-order chi connectivity index (χ1) is 9.54. The number of nitrogens with one attached hydrogen (secondary N) is 1. The van der Waals surface area contributed by atoms with Crippen molar-refractivity contribution in [2.24, 2.45) is 0 Å². The molecule has 1 aromatic carbocycles. The molecule has 5 nitrogen and oxygen atoms in total. The van der Waals surface area contributed by atoms with Gasteiger partial charge in [-0.05, 0) is 26.0 Å². The highest BCUT2D eigenvalue weighted by atomic mass is 35.5. The van der Waals surface area contributed by atoms with Crippen LogP contribution < -0.4 is 5.32 Å². The Hall–Kier alpha value is -1.85. The molecule has 0 aliphatic carbocycles. The quantitative estimate of drug-likeness (QED) is 0.905. The lowest BCUT2D eigenvalue weighted by Crippen LogP contribution is -2.35. The van der Waals surface area contributed by atoms with Crippen molar-refractivity contribution in [2.75, 3.05) is 6.61 Å². The van der Waals surface area contributed by atoms with Gasteiger partial charge in [0.1, 0.15) is 0 Å². The molecule has 106 valence electrons. The van der Waals surface area contributed by atoms with E-state index in [2.05, 4.69) is 10.4 Å². The highest BCUT2D eigenvalue weighted by Crippen LogP contribution is 2.21. The zero-order valence-corrected chi connectivity index (χ0v) is 12.1. The van der Waals surface area contributed by atoms with Crippen LogP contribution in [0.25, 0.3) is 5.69 Å². The molecule has 2 aromatic rings. The van der Waals surface area contributed by atoms with Crippen LogP contribution in [-0.4, -0.2) is 33.4 Å². The molecule has 0 saturated heterocycles. The number of benzene rings is 1. The van der Waals surface area contributed by atoms with Gasteiger partial charge >= 0.3 is 0 Å². The highest BCUT2D eigenvalue weighted by molar-refractivity contribution is 6.32. The fourth-order valence-corrected chi connectivity index (χ4v) is 2.06. The van der Waals surface area contributed by atoms with Crippen LogP contribution in [0.4, 0.5) is 0 Å². The first-order valence-electron chi connectivity index (χ1n) is 6.26. The van der Waals surface area contributed by atoms with E-state index in [1.165, 1.54) is 6.20 Å². The Morgan fingerprint density at radius 2 is 2.20 bits per heavy atom. The van der Waals surface area contributed by atoms with E-state index in [0.717, 1.165) is 5.69 Å². The number of carbonyl (C=O) groups is 1. The summed E-state index contributed by atoms with van der Waals surface area (Å²) >= 11 is 6.13. The maximum absolute atomic E-state index is 12.1. The number of aliphatic hydroxyl groups is 1. The maximum atomic E-state index is 12.1. The van der Waals surface area contributed by atoms with E-state index in [4.69, 9.17) is 16.7 Å². The molecule has 0 spiro atoms. The molecular formula is C14H16ClN3O2. The van der Waals surface area contributed by atoms with Gasteiger partial charge in [-0.15, -0.1) is 0 Å². The number of rotatable bonds is 4. The molecule has 0 fully saturated rings. The fraction of sp³-hybridized carbons (Fsp3) is 0.286. The maximum Gasteiger partial charge on any atom is 0.255 e.